The average Bonchev–Trinajstić information content (AvgIpc) is 2.61. The van der Waals surface area contributed by atoms with Gasteiger partial charge in [-0.25, -0.2) is 4.79 Å². The Morgan fingerprint density at radius 1 is 0.833 bits per heavy atom. The maximum absolute atomic E-state index is 12.2. The Balaban J connectivity index is 5.06. The van der Waals surface area contributed by atoms with Crippen molar-refractivity contribution in [2.24, 2.45) is 5.73 Å². The van der Waals surface area contributed by atoms with Crippen LogP contribution in [0.3, 0.4) is 0 Å². The molecule has 0 aliphatic rings. The lowest BCUT2D eigenvalue weighted by Gasteiger charge is -2.23. The quantitative estimate of drug-likeness (QED) is 0.142. The molecule has 0 saturated heterocycles. The Morgan fingerprint density at radius 3 is 1.83 bits per heavy atom. The normalized spacial score (nSPS) is 15.6. The van der Waals surface area contributed by atoms with Crippen LogP contribution in [-0.4, -0.2) is 86.3 Å². The van der Waals surface area contributed by atoms with Crippen molar-refractivity contribution in [3.63, 3.8) is 0 Å². The number of rotatable bonds is 13. The molecule has 0 aliphatic carbocycles. The number of nitrogens with one attached hydrogen (secondary N) is 3. The zero-order valence-electron chi connectivity index (χ0n) is 16.3. The molecule has 0 aromatic rings. The van der Waals surface area contributed by atoms with Gasteiger partial charge >= 0.3 is 17.9 Å². The first kappa shape index (κ1) is 26.7. The van der Waals surface area contributed by atoms with Crippen LogP contribution in [0.4, 0.5) is 0 Å². The molecule has 0 heterocycles. The summed E-state index contributed by atoms with van der Waals surface area (Å²) in [5.74, 6) is -7.20. The molecule has 9 N–H and O–H groups in total. The van der Waals surface area contributed by atoms with E-state index >= 15 is 0 Å². The van der Waals surface area contributed by atoms with Gasteiger partial charge in [0, 0.05) is 6.42 Å². The van der Waals surface area contributed by atoms with Gasteiger partial charge in [-0.3, -0.25) is 24.0 Å². The molecule has 0 aromatic heterocycles. The average molecular weight is 434 g/mol. The summed E-state index contributed by atoms with van der Waals surface area (Å²) in [6, 6.07) is -5.92. The lowest BCUT2D eigenvalue weighted by Crippen LogP contribution is -2.58. The fraction of sp³-hybridized carbons (Fsp3) is 0.625. The van der Waals surface area contributed by atoms with Crippen LogP contribution in [0.1, 0.15) is 33.1 Å². The summed E-state index contributed by atoms with van der Waals surface area (Å²) < 4.78 is 0. The highest BCUT2D eigenvalue weighted by molar-refractivity contribution is 5.95. The molecule has 0 fully saturated rings. The Kier molecular flexibility index (Phi) is 11.0. The number of hydrogen-bond donors (Lipinski definition) is 8. The van der Waals surface area contributed by atoms with Gasteiger partial charge in [-0.2, -0.15) is 0 Å². The smallest absolute Gasteiger partial charge is 0.328 e. The van der Waals surface area contributed by atoms with E-state index in [0.29, 0.717) is 0 Å². The predicted octanol–water partition coefficient (Wildman–Crippen LogP) is -3.41. The van der Waals surface area contributed by atoms with E-state index in [1.54, 1.807) is 0 Å². The summed E-state index contributed by atoms with van der Waals surface area (Å²) in [4.78, 5) is 68.9. The predicted molar refractivity (Wildman–Crippen MR) is 97.9 cm³/mol. The van der Waals surface area contributed by atoms with Crippen LogP contribution in [0.5, 0.6) is 0 Å². The third-order valence-electron chi connectivity index (χ3n) is 3.82. The standard InChI is InChI=1S/C16H26N4O10/c1-6(18-14(27)8(17)3-4-10(22)23)13(26)19-9(5-11(24)25)15(28)20-12(7(2)21)16(29)30/h6-9,12,21H,3-5,17H2,1-2H3,(H,18,27)(H,19,26)(H,20,28)(H,22,23)(H,24,25)(H,29,30). The van der Waals surface area contributed by atoms with E-state index in [4.69, 9.17) is 21.1 Å². The zero-order valence-corrected chi connectivity index (χ0v) is 16.3. The number of carbonyl (C=O) groups is 6. The highest BCUT2D eigenvalue weighted by atomic mass is 16.4. The van der Waals surface area contributed by atoms with Crippen molar-refractivity contribution in [1.82, 2.24) is 16.0 Å². The Hall–Kier alpha value is -3.26. The highest BCUT2D eigenvalue weighted by Gasteiger charge is 2.32. The number of carbonyl (C=O) groups excluding carboxylic acids is 3. The molecule has 0 aliphatic heterocycles. The number of nitrogens with two attached hydrogens (primary N) is 1. The molecule has 14 heteroatoms. The van der Waals surface area contributed by atoms with Crippen molar-refractivity contribution in [2.75, 3.05) is 0 Å². The molecule has 0 aromatic carbocycles. The van der Waals surface area contributed by atoms with E-state index < -0.39 is 72.3 Å². The van der Waals surface area contributed by atoms with E-state index in [1.165, 1.54) is 6.92 Å². The van der Waals surface area contributed by atoms with E-state index in [1.807, 2.05) is 5.32 Å². The molecule has 0 saturated carbocycles. The van der Waals surface area contributed by atoms with Gasteiger partial charge in [0.25, 0.3) is 0 Å². The first-order valence-electron chi connectivity index (χ1n) is 8.77. The summed E-state index contributed by atoms with van der Waals surface area (Å²) in [6.07, 6.45) is -2.96. The number of hydrogen-bond acceptors (Lipinski definition) is 8. The van der Waals surface area contributed by atoms with Crippen molar-refractivity contribution in [1.29, 1.82) is 0 Å². The van der Waals surface area contributed by atoms with E-state index in [0.717, 1.165) is 6.92 Å². The molecule has 0 spiro atoms. The number of carboxylic acid groups (broad SMARTS) is 3. The minimum Gasteiger partial charge on any atom is -0.481 e. The summed E-state index contributed by atoms with van der Waals surface area (Å²) >= 11 is 0. The van der Waals surface area contributed by atoms with Crippen LogP contribution < -0.4 is 21.7 Å². The number of aliphatic hydroxyl groups is 1. The number of aliphatic hydroxyl groups excluding tert-OH is 1. The van der Waals surface area contributed by atoms with Gasteiger partial charge in [0.05, 0.1) is 18.6 Å². The van der Waals surface area contributed by atoms with E-state index in [9.17, 15) is 33.9 Å². The van der Waals surface area contributed by atoms with Crippen LogP contribution in [0.25, 0.3) is 0 Å². The number of aliphatic carboxylic acids is 3. The van der Waals surface area contributed by atoms with Crippen molar-refractivity contribution in [2.45, 2.75) is 63.4 Å². The van der Waals surface area contributed by atoms with Crippen LogP contribution in [0.2, 0.25) is 0 Å². The third-order valence-corrected chi connectivity index (χ3v) is 3.82. The Morgan fingerprint density at radius 2 is 1.40 bits per heavy atom. The van der Waals surface area contributed by atoms with E-state index in [-0.39, 0.29) is 12.8 Å². The molecule has 3 amide bonds. The largest absolute Gasteiger partial charge is 0.481 e. The molecule has 14 nitrogen and oxygen atoms in total. The summed E-state index contributed by atoms with van der Waals surface area (Å²) in [6.45, 7) is 2.30. The van der Waals surface area contributed by atoms with Gasteiger partial charge in [0.15, 0.2) is 6.04 Å². The molecule has 5 atom stereocenters. The lowest BCUT2D eigenvalue weighted by atomic mass is 10.1. The molecule has 30 heavy (non-hydrogen) atoms. The molecule has 0 rings (SSSR count). The Bertz CT molecular complexity index is 681. The minimum absolute atomic E-state index is 0.185. The van der Waals surface area contributed by atoms with Gasteiger partial charge in [-0.15, -0.1) is 0 Å². The molecule has 0 bridgehead atoms. The Labute approximate surface area is 170 Å². The SMILES string of the molecule is CC(NC(=O)C(N)CCC(=O)O)C(=O)NC(CC(=O)O)C(=O)NC(C(=O)O)C(C)O. The number of carboxylic acids is 3. The number of amides is 3. The maximum atomic E-state index is 12.2. The molecule has 5 unspecified atom stereocenters. The van der Waals surface area contributed by atoms with Gasteiger partial charge in [0.1, 0.15) is 12.1 Å². The first-order valence-corrected chi connectivity index (χ1v) is 8.77. The topological polar surface area (TPSA) is 245 Å². The van der Waals surface area contributed by atoms with Crippen molar-refractivity contribution >= 4 is 35.6 Å². The van der Waals surface area contributed by atoms with E-state index in [2.05, 4.69) is 10.6 Å². The summed E-state index contributed by atoms with van der Waals surface area (Å²) in [7, 11) is 0. The van der Waals surface area contributed by atoms with Gasteiger partial charge < -0.3 is 42.1 Å². The first-order chi connectivity index (χ1) is 13.8. The second-order valence-corrected chi connectivity index (χ2v) is 6.49. The maximum Gasteiger partial charge on any atom is 0.328 e. The van der Waals surface area contributed by atoms with Gasteiger partial charge in [-0.05, 0) is 20.3 Å². The molecule has 170 valence electrons. The fourth-order valence-electron chi connectivity index (χ4n) is 2.12. The second-order valence-electron chi connectivity index (χ2n) is 6.49. The van der Waals surface area contributed by atoms with Crippen LogP contribution in [0.15, 0.2) is 0 Å². The van der Waals surface area contributed by atoms with Gasteiger partial charge in [-0.1, -0.05) is 0 Å². The van der Waals surface area contributed by atoms with Crippen molar-refractivity contribution in [3.05, 3.63) is 0 Å². The monoisotopic (exact) mass is 434 g/mol. The third kappa shape index (κ3) is 9.79. The van der Waals surface area contributed by atoms with Crippen LogP contribution in [0, 0.1) is 0 Å². The zero-order chi connectivity index (χ0) is 23.6. The fourth-order valence-corrected chi connectivity index (χ4v) is 2.12. The second kappa shape index (κ2) is 12.3. The van der Waals surface area contributed by atoms with Gasteiger partial charge in [0.2, 0.25) is 17.7 Å². The summed E-state index contributed by atoms with van der Waals surface area (Å²) in [5, 5.41) is 42.1. The van der Waals surface area contributed by atoms with Crippen LogP contribution in [-0.2, 0) is 28.8 Å². The highest BCUT2D eigenvalue weighted by Crippen LogP contribution is 2.00. The van der Waals surface area contributed by atoms with Crippen molar-refractivity contribution < 1.29 is 49.2 Å². The molecular formula is C16H26N4O10. The minimum atomic E-state index is -1.74. The molecule has 0 radical (unpaired) electrons. The van der Waals surface area contributed by atoms with Crippen LogP contribution >= 0.6 is 0 Å². The summed E-state index contributed by atoms with van der Waals surface area (Å²) in [5.41, 5.74) is 5.51. The van der Waals surface area contributed by atoms with Crippen molar-refractivity contribution in [3.8, 4) is 0 Å². The molecular weight excluding hydrogens is 408 g/mol. The lowest BCUT2D eigenvalue weighted by molar-refractivity contribution is -0.146.